The summed E-state index contributed by atoms with van der Waals surface area (Å²) in [4.78, 5) is 27.4. The molecule has 0 spiro atoms. The summed E-state index contributed by atoms with van der Waals surface area (Å²) in [5.41, 5.74) is 8.13. The second-order valence-corrected chi connectivity index (χ2v) is 5.76. The van der Waals surface area contributed by atoms with Crippen LogP contribution in [0.3, 0.4) is 0 Å². The van der Waals surface area contributed by atoms with Gasteiger partial charge in [-0.2, -0.15) is 0 Å². The van der Waals surface area contributed by atoms with Gasteiger partial charge in [-0.25, -0.2) is 9.97 Å². The maximum atomic E-state index is 12.0. The topological polar surface area (TPSA) is 91.1 Å². The minimum absolute atomic E-state index is 0.131. The predicted octanol–water partition coefficient (Wildman–Crippen LogP) is 0.371. The molecule has 0 aliphatic carbocycles. The Labute approximate surface area is 128 Å². The largest absolute Gasteiger partial charge is 0.369 e. The van der Waals surface area contributed by atoms with E-state index in [0.29, 0.717) is 6.54 Å². The molecule has 0 bridgehead atoms. The fourth-order valence-corrected chi connectivity index (χ4v) is 2.67. The quantitative estimate of drug-likeness (QED) is 0.851. The van der Waals surface area contributed by atoms with E-state index in [1.54, 1.807) is 0 Å². The van der Waals surface area contributed by atoms with Gasteiger partial charge in [0.1, 0.15) is 5.82 Å². The Hall–Kier alpha value is -2.41. The number of anilines is 2. The number of aromatic amines is 1. The number of pyridine rings is 1. The first-order valence-corrected chi connectivity index (χ1v) is 7.25. The predicted molar refractivity (Wildman–Crippen MR) is 85.7 cm³/mol. The van der Waals surface area contributed by atoms with Crippen molar-refractivity contribution in [2.24, 2.45) is 0 Å². The maximum absolute atomic E-state index is 12.0. The first-order valence-electron chi connectivity index (χ1n) is 7.25. The lowest BCUT2D eigenvalue weighted by atomic mass is 10.1. The fraction of sp³-hybridized carbons (Fsp3) is 0.400. The van der Waals surface area contributed by atoms with E-state index in [0.717, 1.165) is 42.1 Å². The number of fused-ring (bicyclic) bond motifs is 1. The first kappa shape index (κ1) is 14.5. The number of hydrogen-bond acceptors (Lipinski definition) is 6. The zero-order chi connectivity index (χ0) is 15.7. The number of rotatable bonds is 3. The van der Waals surface area contributed by atoms with Crippen molar-refractivity contribution in [1.82, 2.24) is 19.9 Å². The van der Waals surface area contributed by atoms with E-state index in [9.17, 15) is 4.79 Å². The van der Waals surface area contributed by atoms with Crippen LogP contribution in [-0.2, 0) is 19.5 Å². The molecular formula is C15H20N6O. The number of aromatic nitrogens is 3. The third-order valence-corrected chi connectivity index (χ3v) is 3.84. The van der Waals surface area contributed by atoms with E-state index >= 15 is 0 Å². The molecule has 7 heteroatoms. The number of H-pyrrole nitrogens is 1. The Kier molecular flexibility index (Phi) is 3.81. The lowest BCUT2D eigenvalue weighted by molar-refractivity contribution is 0.241. The lowest BCUT2D eigenvalue weighted by Crippen LogP contribution is -2.35. The van der Waals surface area contributed by atoms with Crippen molar-refractivity contribution >= 4 is 11.8 Å². The van der Waals surface area contributed by atoms with Gasteiger partial charge >= 0.3 is 0 Å². The molecule has 0 radical (unpaired) electrons. The van der Waals surface area contributed by atoms with Crippen molar-refractivity contribution in [1.29, 1.82) is 0 Å². The van der Waals surface area contributed by atoms with E-state index in [-0.39, 0.29) is 11.5 Å². The van der Waals surface area contributed by atoms with E-state index in [1.165, 1.54) is 0 Å². The molecule has 0 aromatic carbocycles. The maximum Gasteiger partial charge on any atom is 0.257 e. The molecule has 0 unspecified atom stereocenters. The van der Waals surface area contributed by atoms with Crippen LogP contribution < -0.4 is 16.2 Å². The van der Waals surface area contributed by atoms with Crippen LogP contribution in [0.15, 0.2) is 23.1 Å². The average Bonchev–Trinajstić information content (AvgIpc) is 2.48. The zero-order valence-corrected chi connectivity index (χ0v) is 12.8. The molecule has 7 nitrogen and oxygen atoms in total. The molecule has 0 saturated carbocycles. The van der Waals surface area contributed by atoms with Gasteiger partial charge < -0.3 is 10.6 Å². The normalized spacial score (nSPS) is 14.6. The van der Waals surface area contributed by atoms with Gasteiger partial charge in [0.15, 0.2) is 0 Å². The molecule has 0 saturated heterocycles. The summed E-state index contributed by atoms with van der Waals surface area (Å²) in [6.07, 6.45) is 2.63. The number of nitrogens with two attached hydrogens (primary N) is 1. The molecule has 1 aliphatic heterocycles. The van der Waals surface area contributed by atoms with Gasteiger partial charge in [0.2, 0.25) is 5.95 Å². The van der Waals surface area contributed by atoms with Gasteiger partial charge in [0, 0.05) is 46.3 Å². The summed E-state index contributed by atoms with van der Waals surface area (Å²) in [7, 11) is 3.93. The summed E-state index contributed by atoms with van der Waals surface area (Å²) in [5.74, 6) is 1.13. The minimum Gasteiger partial charge on any atom is -0.369 e. The number of hydrogen-bond donors (Lipinski definition) is 2. The van der Waals surface area contributed by atoms with Crippen LogP contribution >= 0.6 is 0 Å². The Morgan fingerprint density at radius 2 is 2.23 bits per heavy atom. The average molecular weight is 300 g/mol. The van der Waals surface area contributed by atoms with Crippen molar-refractivity contribution in [2.75, 3.05) is 31.3 Å². The molecule has 3 heterocycles. The van der Waals surface area contributed by atoms with E-state index in [2.05, 4.69) is 25.9 Å². The van der Waals surface area contributed by atoms with Gasteiger partial charge in [-0.3, -0.25) is 14.7 Å². The molecule has 3 N–H and O–H groups in total. The Balaban J connectivity index is 1.74. The molecule has 3 rings (SSSR count). The van der Waals surface area contributed by atoms with Crippen molar-refractivity contribution in [3.63, 3.8) is 0 Å². The number of nitrogens with one attached hydrogen (secondary N) is 1. The van der Waals surface area contributed by atoms with Crippen LogP contribution in [0.4, 0.5) is 11.8 Å². The van der Waals surface area contributed by atoms with Gasteiger partial charge in [0.25, 0.3) is 5.56 Å². The minimum atomic E-state index is -0.131. The van der Waals surface area contributed by atoms with E-state index < -0.39 is 0 Å². The van der Waals surface area contributed by atoms with Crippen molar-refractivity contribution in [2.45, 2.75) is 19.5 Å². The number of nitrogen functional groups attached to an aromatic ring is 1. The summed E-state index contributed by atoms with van der Waals surface area (Å²) in [5, 5.41) is 0. The van der Waals surface area contributed by atoms with Crippen molar-refractivity contribution in [3.8, 4) is 0 Å². The number of nitrogens with zero attached hydrogens (tertiary/aromatic N) is 4. The molecule has 116 valence electrons. The highest BCUT2D eigenvalue weighted by Crippen LogP contribution is 2.17. The standard InChI is InChI=1S/C15H20N6O/c1-20(2)13-4-3-10(7-17-13)8-21-6-5-12-11(9-21)14(22)19-15(16)18-12/h3-4,7H,5-6,8-9H2,1-2H3,(H3,16,18,19,22). The van der Waals surface area contributed by atoms with Gasteiger partial charge in [-0.1, -0.05) is 6.07 Å². The van der Waals surface area contributed by atoms with Gasteiger partial charge in [0.05, 0.1) is 11.3 Å². The van der Waals surface area contributed by atoms with E-state index in [1.807, 2.05) is 31.3 Å². The fourth-order valence-electron chi connectivity index (χ4n) is 2.67. The molecular weight excluding hydrogens is 280 g/mol. The molecule has 0 amide bonds. The summed E-state index contributed by atoms with van der Waals surface area (Å²) in [6, 6.07) is 4.08. The van der Waals surface area contributed by atoms with Gasteiger partial charge in [-0.05, 0) is 11.6 Å². The van der Waals surface area contributed by atoms with Crippen LogP contribution in [0.1, 0.15) is 16.8 Å². The van der Waals surface area contributed by atoms with Crippen molar-refractivity contribution in [3.05, 3.63) is 45.5 Å². The highest BCUT2D eigenvalue weighted by molar-refractivity contribution is 5.37. The first-order chi connectivity index (χ1) is 10.5. The molecule has 2 aromatic heterocycles. The van der Waals surface area contributed by atoms with E-state index in [4.69, 9.17) is 5.73 Å². The molecule has 0 fully saturated rings. The van der Waals surface area contributed by atoms with Crippen LogP contribution in [0.5, 0.6) is 0 Å². The third-order valence-electron chi connectivity index (χ3n) is 3.84. The molecule has 0 atom stereocenters. The monoisotopic (exact) mass is 300 g/mol. The van der Waals surface area contributed by atoms with Crippen LogP contribution in [0.25, 0.3) is 0 Å². The summed E-state index contributed by atoms with van der Waals surface area (Å²) < 4.78 is 0. The molecule has 22 heavy (non-hydrogen) atoms. The zero-order valence-electron chi connectivity index (χ0n) is 12.8. The highest BCUT2D eigenvalue weighted by atomic mass is 16.1. The second kappa shape index (κ2) is 5.76. The molecule has 1 aliphatic rings. The molecule has 2 aromatic rings. The Bertz CT molecular complexity index is 722. The SMILES string of the molecule is CN(C)c1ccc(CN2CCc3nc(N)[nH]c(=O)c3C2)cn1. The third kappa shape index (κ3) is 2.94. The summed E-state index contributed by atoms with van der Waals surface area (Å²) >= 11 is 0. The van der Waals surface area contributed by atoms with Crippen LogP contribution in [-0.4, -0.2) is 40.5 Å². The Morgan fingerprint density at radius 1 is 1.41 bits per heavy atom. The Morgan fingerprint density at radius 3 is 2.91 bits per heavy atom. The summed E-state index contributed by atoms with van der Waals surface area (Å²) in [6.45, 7) is 2.22. The highest BCUT2D eigenvalue weighted by Gasteiger charge is 2.20. The lowest BCUT2D eigenvalue weighted by Gasteiger charge is -2.27. The van der Waals surface area contributed by atoms with Crippen LogP contribution in [0, 0.1) is 0 Å². The smallest absolute Gasteiger partial charge is 0.257 e. The second-order valence-electron chi connectivity index (χ2n) is 5.76. The van der Waals surface area contributed by atoms with Crippen molar-refractivity contribution < 1.29 is 0 Å². The van der Waals surface area contributed by atoms with Gasteiger partial charge in [-0.15, -0.1) is 0 Å². The van der Waals surface area contributed by atoms with Crippen LogP contribution in [0.2, 0.25) is 0 Å².